The molecular weight excluding hydrogens is 336 g/mol. The Bertz CT molecular complexity index is 1100. The Morgan fingerprint density at radius 2 is 2.08 bits per heavy atom. The summed E-state index contributed by atoms with van der Waals surface area (Å²) in [6.45, 7) is 0.435. The summed E-state index contributed by atoms with van der Waals surface area (Å²) >= 11 is 1.18. The third kappa shape index (κ3) is 3.20. The van der Waals surface area contributed by atoms with E-state index >= 15 is 0 Å². The molecule has 0 fully saturated rings. The van der Waals surface area contributed by atoms with Crippen molar-refractivity contribution in [3.63, 3.8) is 0 Å². The van der Waals surface area contributed by atoms with Gasteiger partial charge in [0.2, 0.25) is 5.91 Å². The lowest BCUT2D eigenvalue weighted by atomic mass is 10.1. The first-order valence-electron chi connectivity index (χ1n) is 7.60. The van der Waals surface area contributed by atoms with Crippen LogP contribution in [0.4, 0.5) is 5.82 Å². The summed E-state index contributed by atoms with van der Waals surface area (Å²) < 4.78 is 8.35. The topological polar surface area (TPSA) is 110 Å². The molecule has 4 rings (SSSR count). The molecule has 2 aromatic heterocycles. The summed E-state index contributed by atoms with van der Waals surface area (Å²) in [5.74, 6) is 0.276. The van der Waals surface area contributed by atoms with Gasteiger partial charge >= 0.3 is 0 Å². The highest BCUT2D eigenvalue weighted by molar-refractivity contribution is 7.00. The fourth-order valence-electron chi connectivity index (χ4n) is 2.51. The maximum Gasteiger partial charge on any atom is 0.244 e. The summed E-state index contributed by atoms with van der Waals surface area (Å²) in [6.07, 6.45) is 3.25. The number of nitrogens with zero attached hydrogens (tertiary/aromatic N) is 3. The third-order valence-electron chi connectivity index (χ3n) is 3.83. The van der Waals surface area contributed by atoms with Crippen molar-refractivity contribution in [1.82, 2.24) is 24.3 Å². The van der Waals surface area contributed by atoms with Gasteiger partial charge in [-0.1, -0.05) is 12.1 Å². The van der Waals surface area contributed by atoms with Gasteiger partial charge in [-0.25, -0.2) is 0 Å². The van der Waals surface area contributed by atoms with Crippen molar-refractivity contribution < 1.29 is 4.79 Å². The number of amides is 1. The summed E-state index contributed by atoms with van der Waals surface area (Å²) in [5, 5.41) is 10.5. The van der Waals surface area contributed by atoms with Gasteiger partial charge in [0.15, 0.2) is 5.82 Å². The molecule has 0 saturated heterocycles. The van der Waals surface area contributed by atoms with Crippen LogP contribution in [0.3, 0.4) is 0 Å². The molecule has 0 atom stereocenters. The van der Waals surface area contributed by atoms with Crippen LogP contribution in [0.5, 0.6) is 0 Å². The quantitative estimate of drug-likeness (QED) is 0.490. The van der Waals surface area contributed by atoms with Crippen LogP contribution >= 0.6 is 11.7 Å². The highest BCUT2D eigenvalue weighted by Crippen LogP contribution is 2.19. The van der Waals surface area contributed by atoms with E-state index in [0.29, 0.717) is 12.4 Å². The summed E-state index contributed by atoms with van der Waals surface area (Å²) in [7, 11) is 0. The molecule has 0 spiro atoms. The van der Waals surface area contributed by atoms with Crippen molar-refractivity contribution in [2.24, 2.45) is 0 Å². The van der Waals surface area contributed by atoms with E-state index < -0.39 is 0 Å². The molecule has 2 heterocycles. The number of hydrogen-bond donors (Lipinski definition) is 3. The first-order chi connectivity index (χ1) is 12.2. The third-order valence-corrected chi connectivity index (χ3v) is 4.39. The highest BCUT2D eigenvalue weighted by atomic mass is 32.1. The maximum absolute atomic E-state index is 12.0. The molecule has 0 radical (unpaired) electrons. The van der Waals surface area contributed by atoms with Crippen molar-refractivity contribution in [1.29, 1.82) is 0 Å². The van der Waals surface area contributed by atoms with Gasteiger partial charge in [0.25, 0.3) is 0 Å². The molecule has 0 saturated carbocycles. The van der Waals surface area contributed by atoms with Gasteiger partial charge in [-0.3, -0.25) is 9.89 Å². The first-order valence-corrected chi connectivity index (χ1v) is 8.33. The lowest BCUT2D eigenvalue weighted by Gasteiger charge is -2.02. The smallest absolute Gasteiger partial charge is 0.244 e. The largest absolute Gasteiger partial charge is 0.382 e. The minimum atomic E-state index is -0.170. The van der Waals surface area contributed by atoms with Crippen LogP contribution in [0.25, 0.3) is 28.0 Å². The number of H-pyrrole nitrogens is 1. The number of nitrogen functional groups attached to an aromatic ring is 1. The van der Waals surface area contributed by atoms with E-state index in [1.165, 1.54) is 17.8 Å². The van der Waals surface area contributed by atoms with Crippen LogP contribution in [0, 0.1) is 0 Å². The number of fused-ring (bicyclic) bond motifs is 2. The number of nitrogens with two attached hydrogens (primary N) is 1. The van der Waals surface area contributed by atoms with Crippen molar-refractivity contribution in [3.05, 3.63) is 53.6 Å². The second kappa shape index (κ2) is 6.33. The van der Waals surface area contributed by atoms with Crippen LogP contribution in [0.2, 0.25) is 0 Å². The number of rotatable bonds is 4. The average molecular weight is 350 g/mol. The van der Waals surface area contributed by atoms with Crippen molar-refractivity contribution >= 4 is 51.5 Å². The van der Waals surface area contributed by atoms with Gasteiger partial charge in [0.05, 0.1) is 17.2 Å². The monoisotopic (exact) mass is 350 g/mol. The van der Waals surface area contributed by atoms with Crippen molar-refractivity contribution in [2.75, 3.05) is 5.73 Å². The molecule has 1 amide bonds. The van der Waals surface area contributed by atoms with E-state index in [1.54, 1.807) is 6.08 Å². The van der Waals surface area contributed by atoms with Crippen molar-refractivity contribution in [2.45, 2.75) is 6.54 Å². The first kappa shape index (κ1) is 15.3. The Morgan fingerprint density at radius 1 is 1.20 bits per heavy atom. The fourth-order valence-corrected chi connectivity index (χ4v) is 3.03. The molecule has 0 aliphatic carbocycles. The van der Waals surface area contributed by atoms with E-state index in [2.05, 4.69) is 24.3 Å². The maximum atomic E-state index is 12.0. The number of carbonyl (C=O) groups is 1. The molecule has 7 nitrogen and oxygen atoms in total. The van der Waals surface area contributed by atoms with Crippen LogP contribution in [0.15, 0.2) is 42.5 Å². The standard InChI is InChI=1S/C17H14N6OS/c18-17-12-7-10(1-4-13(12)20-21-17)3-6-16(24)19-9-11-2-5-14-15(8-11)23-25-22-14/h1-8H,9H2,(H,19,24)(H3,18,20,21)/b6-3+. The minimum Gasteiger partial charge on any atom is -0.382 e. The zero-order chi connectivity index (χ0) is 17.2. The Kier molecular flexibility index (Phi) is 3.87. The number of anilines is 1. The number of nitrogens with one attached hydrogen (secondary N) is 2. The second-order valence-corrected chi connectivity index (χ2v) is 6.08. The summed E-state index contributed by atoms with van der Waals surface area (Å²) in [6, 6.07) is 11.4. The SMILES string of the molecule is Nc1n[nH]c2ccc(/C=C/C(=O)NCc3ccc4nsnc4c3)cc12. The van der Waals surface area contributed by atoms with Gasteiger partial charge < -0.3 is 11.1 Å². The second-order valence-electron chi connectivity index (χ2n) is 5.55. The van der Waals surface area contributed by atoms with E-state index in [9.17, 15) is 4.79 Å². The number of aromatic nitrogens is 4. The average Bonchev–Trinajstić information content (AvgIpc) is 3.24. The van der Waals surface area contributed by atoms with Gasteiger partial charge in [-0.05, 0) is 41.5 Å². The lowest BCUT2D eigenvalue weighted by Crippen LogP contribution is -2.20. The molecule has 0 unspecified atom stereocenters. The fraction of sp³-hybridized carbons (Fsp3) is 0.0588. The Balaban J connectivity index is 1.41. The van der Waals surface area contributed by atoms with Gasteiger partial charge in [0.1, 0.15) is 11.0 Å². The zero-order valence-electron chi connectivity index (χ0n) is 13.1. The predicted octanol–water partition coefficient (Wildman–Crippen LogP) is 2.48. The molecule has 0 aliphatic rings. The predicted molar refractivity (Wildman–Crippen MR) is 98.8 cm³/mol. The summed E-state index contributed by atoms with van der Waals surface area (Å²) in [5.41, 5.74) is 10.2. The number of benzene rings is 2. The molecule has 4 N–H and O–H groups in total. The molecule has 124 valence electrons. The zero-order valence-corrected chi connectivity index (χ0v) is 13.9. The van der Waals surface area contributed by atoms with Gasteiger partial charge in [-0.2, -0.15) is 13.8 Å². The van der Waals surface area contributed by atoms with E-state index in [-0.39, 0.29) is 5.91 Å². The highest BCUT2D eigenvalue weighted by Gasteiger charge is 2.03. The number of hydrogen-bond acceptors (Lipinski definition) is 6. The Hall–Kier alpha value is -3.26. The number of carbonyl (C=O) groups excluding carboxylic acids is 1. The van der Waals surface area contributed by atoms with Crippen LogP contribution in [0.1, 0.15) is 11.1 Å². The molecule has 2 aromatic carbocycles. The van der Waals surface area contributed by atoms with Gasteiger partial charge in [0, 0.05) is 18.0 Å². The lowest BCUT2D eigenvalue weighted by molar-refractivity contribution is -0.116. The van der Waals surface area contributed by atoms with Crippen LogP contribution in [-0.4, -0.2) is 24.9 Å². The molecular formula is C17H14N6OS. The Morgan fingerprint density at radius 3 is 3.00 bits per heavy atom. The van der Waals surface area contributed by atoms with Crippen LogP contribution < -0.4 is 11.1 Å². The normalized spacial score (nSPS) is 11.5. The molecule has 0 bridgehead atoms. The van der Waals surface area contributed by atoms with E-state index in [4.69, 9.17) is 5.73 Å². The Labute approximate surface area is 146 Å². The van der Waals surface area contributed by atoms with E-state index in [0.717, 1.165) is 33.1 Å². The molecule has 8 heteroatoms. The number of aromatic amines is 1. The van der Waals surface area contributed by atoms with Gasteiger partial charge in [-0.15, -0.1) is 0 Å². The minimum absolute atomic E-state index is 0.170. The van der Waals surface area contributed by atoms with Crippen LogP contribution in [-0.2, 0) is 11.3 Å². The van der Waals surface area contributed by atoms with E-state index in [1.807, 2.05) is 36.4 Å². The molecule has 25 heavy (non-hydrogen) atoms. The van der Waals surface area contributed by atoms with Crippen molar-refractivity contribution in [3.8, 4) is 0 Å². The summed E-state index contributed by atoms with van der Waals surface area (Å²) in [4.78, 5) is 12.0. The molecule has 0 aliphatic heterocycles. The molecule has 4 aromatic rings.